The van der Waals surface area contributed by atoms with Crippen LogP contribution in [0.25, 0.3) is 0 Å². The molecule has 1 atom stereocenters. The van der Waals surface area contributed by atoms with Gasteiger partial charge in [-0.1, -0.05) is 91.1 Å². The summed E-state index contributed by atoms with van der Waals surface area (Å²) in [5, 5.41) is 3.69. The molecule has 254 valence electrons. The molecule has 0 radical (unpaired) electrons. The quantitative estimate of drug-likeness (QED) is 0.129. The van der Waals surface area contributed by atoms with Crippen molar-refractivity contribution in [2.24, 2.45) is 0 Å². The number of hydrogen-bond acceptors (Lipinski definition) is 6. The molecule has 2 amide bonds. The fourth-order valence-electron chi connectivity index (χ4n) is 5.12. The van der Waals surface area contributed by atoms with Gasteiger partial charge < -0.3 is 19.7 Å². The maximum absolute atomic E-state index is 14.6. The molecule has 0 bridgehead atoms. The molecule has 0 saturated heterocycles. The molecule has 0 aliphatic rings. The van der Waals surface area contributed by atoms with Gasteiger partial charge in [0.25, 0.3) is 10.0 Å². The van der Waals surface area contributed by atoms with Crippen LogP contribution < -0.4 is 19.1 Å². The zero-order valence-corrected chi connectivity index (χ0v) is 29.4. The van der Waals surface area contributed by atoms with Crippen molar-refractivity contribution in [2.75, 3.05) is 31.6 Å². The lowest BCUT2D eigenvalue weighted by atomic mass is 10.0. The van der Waals surface area contributed by atoms with Crippen molar-refractivity contribution in [3.05, 3.63) is 118 Å². The van der Waals surface area contributed by atoms with E-state index in [1.165, 1.54) is 37.3 Å². The minimum Gasteiger partial charge on any atom is -0.493 e. The molecule has 48 heavy (non-hydrogen) atoms. The van der Waals surface area contributed by atoms with Gasteiger partial charge in [0.15, 0.2) is 11.5 Å². The lowest BCUT2D eigenvalue weighted by Crippen LogP contribution is -2.53. The van der Waals surface area contributed by atoms with Gasteiger partial charge >= 0.3 is 0 Å². The second kappa shape index (κ2) is 17.2. The van der Waals surface area contributed by atoms with Gasteiger partial charge in [-0.25, -0.2) is 8.42 Å². The lowest BCUT2D eigenvalue weighted by Gasteiger charge is -2.34. The monoisotopic (exact) mass is 711 g/mol. The van der Waals surface area contributed by atoms with Gasteiger partial charge in [0, 0.05) is 35.6 Å². The van der Waals surface area contributed by atoms with Gasteiger partial charge in [-0.2, -0.15) is 0 Å². The number of anilines is 1. The van der Waals surface area contributed by atoms with Crippen molar-refractivity contribution < 1.29 is 27.5 Å². The first-order valence-electron chi connectivity index (χ1n) is 15.4. The Balaban J connectivity index is 1.81. The zero-order valence-electron chi connectivity index (χ0n) is 27.1. The minimum absolute atomic E-state index is 0.0768. The predicted octanol–water partition coefficient (Wildman–Crippen LogP) is 6.76. The molecule has 0 saturated carbocycles. The van der Waals surface area contributed by atoms with Crippen molar-refractivity contribution in [2.45, 2.75) is 43.7 Å². The van der Waals surface area contributed by atoms with E-state index in [1.54, 1.807) is 48.5 Å². The Morgan fingerprint density at radius 3 is 2.15 bits per heavy atom. The molecule has 0 heterocycles. The number of rotatable bonds is 16. The summed E-state index contributed by atoms with van der Waals surface area (Å²) in [4.78, 5) is 29.8. The van der Waals surface area contributed by atoms with E-state index >= 15 is 0 Å². The molecule has 0 aromatic heterocycles. The van der Waals surface area contributed by atoms with Crippen molar-refractivity contribution in [1.82, 2.24) is 10.2 Å². The molecule has 1 unspecified atom stereocenters. The van der Waals surface area contributed by atoms with E-state index in [9.17, 15) is 18.0 Å². The number of carbonyl (C=O) groups excluding carboxylic acids is 2. The summed E-state index contributed by atoms with van der Waals surface area (Å²) in [7, 11) is -1.48. The van der Waals surface area contributed by atoms with E-state index in [1.807, 2.05) is 37.3 Å². The summed E-state index contributed by atoms with van der Waals surface area (Å²) < 4.78 is 40.3. The van der Waals surface area contributed by atoms with Crippen LogP contribution in [0.15, 0.2) is 102 Å². The number of amides is 2. The Bertz CT molecular complexity index is 1790. The molecule has 1 N–H and O–H groups in total. The number of nitrogens with zero attached hydrogens (tertiary/aromatic N) is 2. The Hall–Kier alpha value is -4.25. The molecule has 0 spiro atoms. The SMILES string of the molecule is CCCCNC(=O)C(Cc1ccccc1)N(Cc1ccc(Cl)cc1Cl)C(=O)CN(c1ccccc1)S(=O)(=O)c1ccc(OC)c(OC)c1. The number of carbonyl (C=O) groups is 2. The van der Waals surface area contributed by atoms with E-state index in [0.717, 1.165) is 22.7 Å². The Morgan fingerprint density at radius 1 is 0.854 bits per heavy atom. The third kappa shape index (κ3) is 9.21. The van der Waals surface area contributed by atoms with E-state index < -0.39 is 28.5 Å². The number of nitrogens with one attached hydrogen (secondary N) is 1. The maximum Gasteiger partial charge on any atom is 0.264 e. The Labute approximate surface area is 292 Å². The first-order chi connectivity index (χ1) is 23.1. The average Bonchev–Trinajstić information content (AvgIpc) is 3.09. The van der Waals surface area contributed by atoms with Crippen LogP contribution in [0.5, 0.6) is 11.5 Å². The second-order valence-corrected chi connectivity index (χ2v) is 13.7. The van der Waals surface area contributed by atoms with Crippen LogP contribution in [0.4, 0.5) is 5.69 Å². The minimum atomic E-state index is -4.34. The second-order valence-electron chi connectivity index (χ2n) is 11.0. The normalized spacial score (nSPS) is 11.8. The van der Waals surface area contributed by atoms with E-state index in [-0.39, 0.29) is 35.2 Å². The van der Waals surface area contributed by atoms with Gasteiger partial charge in [-0.05, 0) is 53.9 Å². The highest BCUT2D eigenvalue weighted by atomic mass is 35.5. The first kappa shape index (κ1) is 36.6. The molecular weight excluding hydrogens is 673 g/mol. The number of para-hydroxylation sites is 1. The third-order valence-corrected chi connectivity index (χ3v) is 10.1. The smallest absolute Gasteiger partial charge is 0.264 e. The fraction of sp³-hybridized carbons (Fsp3) is 0.278. The zero-order chi connectivity index (χ0) is 34.7. The molecule has 9 nitrogen and oxygen atoms in total. The van der Waals surface area contributed by atoms with Crippen molar-refractivity contribution in [3.8, 4) is 11.5 Å². The van der Waals surface area contributed by atoms with Crippen LogP contribution in [0.1, 0.15) is 30.9 Å². The summed E-state index contributed by atoms with van der Waals surface area (Å²) in [5.41, 5.74) is 1.63. The molecule has 4 rings (SSSR count). The highest BCUT2D eigenvalue weighted by Gasteiger charge is 2.35. The lowest BCUT2D eigenvalue weighted by molar-refractivity contribution is -0.140. The standard InChI is InChI=1S/C36H39Cl2N3O6S/c1-4-5-20-39-36(43)32(21-26-12-8-6-9-13-26)40(24-27-16-17-28(37)22-31(27)38)35(42)25-41(29-14-10-7-11-15-29)48(44,45)30-18-19-33(46-2)34(23-30)47-3/h6-19,22-23,32H,4-5,20-21,24-25H2,1-3H3,(H,39,43). The molecule has 0 fully saturated rings. The summed E-state index contributed by atoms with van der Waals surface area (Å²) >= 11 is 12.8. The van der Waals surface area contributed by atoms with Gasteiger partial charge in [0.2, 0.25) is 11.8 Å². The summed E-state index contributed by atoms with van der Waals surface area (Å²) in [6, 6.07) is 25.8. The van der Waals surface area contributed by atoms with Crippen LogP contribution in [-0.4, -0.2) is 58.5 Å². The fourth-order valence-corrected chi connectivity index (χ4v) is 7.02. The highest BCUT2D eigenvalue weighted by Crippen LogP contribution is 2.33. The predicted molar refractivity (Wildman–Crippen MR) is 189 cm³/mol. The first-order valence-corrected chi connectivity index (χ1v) is 17.6. The van der Waals surface area contributed by atoms with Gasteiger partial charge in [0.1, 0.15) is 12.6 Å². The van der Waals surface area contributed by atoms with Gasteiger partial charge in [-0.3, -0.25) is 13.9 Å². The molecular formula is C36H39Cl2N3O6S. The largest absolute Gasteiger partial charge is 0.493 e. The van der Waals surface area contributed by atoms with Gasteiger partial charge in [-0.15, -0.1) is 0 Å². The number of halogens is 2. The van der Waals surface area contributed by atoms with Crippen LogP contribution in [0.3, 0.4) is 0 Å². The summed E-state index contributed by atoms with van der Waals surface area (Å²) in [6.07, 6.45) is 1.81. The van der Waals surface area contributed by atoms with Crippen LogP contribution in [0.2, 0.25) is 10.0 Å². The average molecular weight is 713 g/mol. The van der Waals surface area contributed by atoms with Crippen LogP contribution in [-0.2, 0) is 32.6 Å². The molecule has 4 aromatic rings. The third-order valence-electron chi connectivity index (χ3n) is 7.72. The van der Waals surface area contributed by atoms with E-state index in [2.05, 4.69) is 5.32 Å². The Morgan fingerprint density at radius 2 is 1.52 bits per heavy atom. The van der Waals surface area contributed by atoms with Crippen LogP contribution >= 0.6 is 23.2 Å². The highest BCUT2D eigenvalue weighted by molar-refractivity contribution is 7.92. The number of hydrogen-bond donors (Lipinski definition) is 1. The molecule has 4 aromatic carbocycles. The Kier molecular flexibility index (Phi) is 13.1. The number of ether oxygens (including phenoxy) is 2. The number of sulfonamides is 1. The van der Waals surface area contributed by atoms with Crippen molar-refractivity contribution >= 4 is 50.7 Å². The van der Waals surface area contributed by atoms with Crippen molar-refractivity contribution in [1.29, 1.82) is 0 Å². The number of unbranched alkanes of at least 4 members (excludes halogenated alkanes) is 1. The summed E-state index contributed by atoms with van der Waals surface area (Å²) in [6.45, 7) is 1.75. The summed E-state index contributed by atoms with van der Waals surface area (Å²) in [5.74, 6) is -0.411. The number of methoxy groups -OCH3 is 2. The maximum atomic E-state index is 14.6. The number of benzene rings is 4. The van der Waals surface area contributed by atoms with Gasteiger partial charge in [0.05, 0.1) is 24.8 Å². The van der Waals surface area contributed by atoms with E-state index in [4.69, 9.17) is 32.7 Å². The topological polar surface area (TPSA) is 105 Å². The van der Waals surface area contributed by atoms with Crippen molar-refractivity contribution in [3.63, 3.8) is 0 Å². The van der Waals surface area contributed by atoms with E-state index in [0.29, 0.717) is 27.9 Å². The molecule has 12 heteroatoms. The molecule has 0 aliphatic heterocycles. The van der Waals surface area contributed by atoms with Crippen LogP contribution in [0, 0.1) is 0 Å². The molecule has 0 aliphatic carbocycles.